The third-order valence-corrected chi connectivity index (χ3v) is 7.21. The minimum atomic E-state index is -0.364. The summed E-state index contributed by atoms with van der Waals surface area (Å²) < 4.78 is 0. The fraction of sp³-hybridized carbons (Fsp3) is 0.875. The summed E-state index contributed by atoms with van der Waals surface area (Å²) in [6, 6.07) is 0. The van der Waals surface area contributed by atoms with Gasteiger partial charge in [-0.05, 0) is 25.2 Å². The number of hydrogen-bond acceptors (Lipinski definition) is 3. The molecule has 2 aliphatic heterocycles. The molecule has 3 aliphatic rings. The topological polar surface area (TPSA) is 60.9 Å². The van der Waals surface area contributed by atoms with E-state index in [1.54, 1.807) is 0 Å². The number of rotatable bonds is 4. The van der Waals surface area contributed by atoms with Gasteiger partial charge in [0, 0.05) is 57.0 Å². The van der Waals surface area contributed by atoms with E-state index in [0.717, 1.165) is 25.2 Å². The second kappa shape index (κ2) is 10.1. The Morgan fingerprint density at radius 3 is 1.87 bits per heavy atom. The van der Waals surface area contributed by atoms with Crippen LogP contribution in [0.5, 0.6) is 0 Å². The van der Waals surface area contributed by atoms with Crippen LogP contribution in [-0.2, 0) is 14.4 Å². The van der Waals surface area contributed by atoms with Gasteiger partial charge in [0.1, 0.15) is 0 Å². The maximum atomic E-state index is 13.0. The maximum Gasteiger partial charge on any atom is 0.227 e. The molecule has 30 heavy (non-hydrogen) atoms. The lowest BCUT2D eigenvalue weighted by Gasteiger charge is -2.39. The summed E-state index contributed by atoms with van der Waals surface area (Å²) in [5.41, 5.74) is -0.364. The zero-order valence-electron chi connectivity index (χ0n) is 19.3. The largest absolute Gasteiger partial charge is 0.342 e. The van der Waals surface area contributed by atoms with Crippen molar-refractivity contribution in [3.63, 3.8) is 0 Å². The molecule has 1 aliphatic carbocycles. The van der Waals surface area contributed by atoms with E-state index >= 15 is 0 Å². The van der Waals surface area contributed by atoms with Gasteiger partial charge in [-0.2, -0.15) is 0 Å². The average molecular weight is 420 g/mol. The number of nitrogens with zero attached hydrogens (tertiary/aromatic N) is 3. The Labute approximate surface area is 182 Å². The molecule has 0 aromatic carbocycles. The van der Waals surface area contributed by atoms with Gasteiger partial charge in [0.05, 0.1) is 0 Å². The molecule has 2 heterocycles. The number of piperazine rings is 1. The minimum Gasteiger partial charge on any atom is -0.342 e. The molecule has 0 radical (unpaired) electrons. The van der Waals surface area contributed by atoms with Gasteiger partial charge in [-0.15, -0.1) is 0 Å². The molecule has 6 heteroatoms. The van der Waals surface area contributed by atoms with Crippen molar-refractivity contribution >= 4 is 17.7 Å². The lowest BCUT2D eigenvalue weighted by molar-refractivity contribution is -0.146. The van der Waals surface area contributed by atoms with Crippen LogP contribution in [0.25, 0.3) is 0 Å². The van der Waals surface area contributed by atoms with E-state index < -0.39 is 0 Å². The van der Waals surface area contributed by atoms with E-state index in [0.29, 0.717) is 45.7 Å². The quantitative estimate of drug-likeness (QED) is 0.702. The zero-order chi connectivity index (χ0) is 21.7. The van der Waals surface area contributed by atoms with Gasteiger partial charge in [0.25, 0.3) is 0 Å². The molecular formula is C24H41N3O3. The van der Waals surface area contributed by atoms with Gasteiger partial charge >= 0.3 is 0 Å². The highest BCUT2D eigenvalue weighted by Crippen LogP contribution is 2.28. The number of carbonyl (C=O) groups is 3. The van der Waals surface area contributed by atoms with Crippen LogP contribution in [0.1, 0.15) is 78.6 Å². The third kappa shape index (κ3) is 5.98. The normalized spacial score (nSPS) is 22.3. The molecule has 0 bridgehead atoms. The van der Waals surface area contributed by atoms with Crippen molar-refractivity contribution in [2.24, 2.45) is 17.3 Å². The average Bonchev–Trinajstić information content (AvgIpc) is 2.77. The van der Waals surface area contributed by atoms with Gasteiger partial charge in [-0.25, -0.2) is 0 Å². The van der Waals surface area contributed by atoms with E-state index in [-0.39, 0.29) is 29.1 Å². The molecule has 0 aromatic rings. The molecule has 0 atom stereocenters. The van der Waals surface area contributed by atoms with Crippen molar-refractivity contribution < 1.29 is 14.4 Å². The molecule has 0 aromatic heterocycles. The highest BCUT2D eigenvalue weighted by atomic mass is 16.2. The monoisotopic (exact) mass is 419 g/mol. The summed E-state index contributed by atoms with van der Waals surface area (Å²) in [6.07, 6.45) is 9.77. The number of piperidine rings is 1. The maximum absolute atomic E-state index is 13.0. The molecule has 3 rings (SSSR count). The Bertz CT molecular complexity index is 606. The first kappa shape index (κ1) is 23.1. The molecule has 0 unspecified atom stereocenters. The lowest BCUT2D eigenvalue weighted by Crippen LogP contribution is -2.53. The van der Waals surface area contributed by atoms with Crippen molar-refractivity contribution in [3.8, 4) is 0 Å². The summed E-state index contributed by atoms with van der Waals surface area (Å²) in [5, 5.41) is 0. The predicted molar refractivity (Wildman–Crippen MR) is 118 cm³/mol. The SMILES string of the molecule is CC(C)(C)C(=O)N1CCC(C(=O)N2CCN(C(=O)CCC3CCCCC3)CC2)CC1. The predicted octanol–water partition coefficient (Wildman–Crippen LogP) is 3.30. The van der Waals surface area contributed by atoms with Gasteiger partial charge in [-0.3, -0.25) is 14.4 Å². The summed E-state index contributed by atoms with van der Waals surface area (Å²) >= 11 is 0. The van der Waals surface area contributed by atoms with Crippen LogP contribution in [0, 0.1) is 17.3 Å². The second-order valence-corrected chi connectivity index (χ2v) is 10.6. The highest BCUT2D eigenvalue weighted by molar-refractivity contribution is 5.83. The van der Waals surface area contributed by atoms with Crippen LogP contribution in [0.3, 0.4) is 0 Å². The summed E-state index contributed by atoms with van der Waals surface area (Å²) in [7, 11) is 0. The molecule has 3 fully saturated rings. The number of amides is 3. The van der Waals surface area contributed by atoms with Crippen LogP contribution in [0.15, 0.2) is 0 Å². The first-order chi connectivity index (χ1) is 14.3. The fourth-order valence-corrected chi connectivity index (χ4v) is 5.20. The molecule has 0 spiro atoms. The number of carbonyl (C=O) groups excluding carboxylic acids is 3. The van der Waals surface area contributed by atoms with E-state index in [1.165, 1.54) is 32.1 Å². The first-order valence-electron chi connectivity index (χ1n) is 12.1. The van der Waals surface area contributed by atoms with E-state index in [4.69, 9.17) is 0 Å². The van der Waals surface area contributed by atoms with E-state index in [9.17, 15) is 14.4 Å². The molecule has 170 valence electrons. The summed E-state index contributed by atoms with van der Waals surface area (Å²) in [5.74, 6) is 1.41. The summed E-state index contributed by atoms with van der Waals surface area (Å²) in [4.78, 5) is 43.8. The standard InChI is InChI=1S/C24H41N3O3/c1-24(2,3)23(30)27-13-11-20(12-14-27)22(29)26-17-15-25(16-18-26)21(28)10-9-19-7-5-4-6-8-19/h19-20H,4-18H2,1-3H3. The van der Waals surface area contributed by atoms with Crippen LogP contribution in [-0.4, -0.2) is 71.7 Å². The van der Waals surface area contributed by atoms with Crippen LogP contribution in [0.2, 0.25) is 0 Å². The Morgan fingerprint density at radius 1 is 0.733 bits per heavy atom. The lowest BCUT2D eigenvalue weighted by atomic mass is 9.86. The zero-order valence-corrected chi connectivity index (χ0v) is 19.3. The van der Waals surface area contributed by atoms with Crippen molar-refractivity contribution in [1.29, 1.82) is 0 Å². The highest BCUT2D eigenvalue weighted by Gasteiger charge is 2.35. The second-order valence-electron chi connectivity index (χ2n) is 10.6. The first-order valence-corrected chi connectivity index (χ1v) is 12.1. The molecule has 6 nitrogen and oxygen atoms in total. The van der Waals surface area contributed by atoms with Gasteiger partial charge < -0.3 is 14.7 Å². The van der Waals surface area contributed by atoms with Gasteiger partial charge in [0.2, 0.25) is 17.7 Å². The van der Waals surface area contributed by atoms with E-state index in [1.807, 2.05) is 35.5 Å². The minimum absolute atomic E-state index is 0.0163. The molecule has 2 saturated heterocycles. The van der Waals surface area contributed by atoms with Gasteiger partial charge in [-0.1, -0.05) is 52.9 Å². The van der Waals surface area contributed by atoms with Crippen molar-refractivity contribution in [3.05, 3.63) is 0 Å². The van der Waals surface area contributed by atoms with Crippen LogP contribution >= 0.6 is 0 Å². The molecule has 3 amide bonds. The van der Waals surface area contributed by atoms with Gasteiger partial charge in [0.15, 0.2) is 0 Å². The van der Waals surface area contributed by atoms with Crippen LogP contribution < -0.4 is 0 Å². The number of likely N-dealkylation sites (tertiary alicyclic amines) is 1. The Balaban J connectivity index is 1.38. The summed E-state index contributed by atoms with van der Waals surface area (Å²) in [6.45, 7) is 9.81. The number of hydrogen-bond donors (Lipinski definition) is 0. The fourth-order valence-electron chi connectivity index (χ4n) is 5.20. The Hall–Kier alpha value is -1.59. The van der Waals surface area contributed by atoms with Crippen molar-refractivity contribution in [2.75, 3.05) is 39.3 Å². The van der Waals surface area contributed by atoms with E-state index in [2.05, 4.69) is 0 Å². The molecule has 0 N–H and O–H groups in total. The third-order valence-electron chi connectivity index (χ3n) is 7.21. The Kier molecular flexibility index (Phi) is 7.81. The molecular weight excluding hydrogens is 378 g/mol. The smallest absolute Gasteiger partial charge is 0.227 e. The Morgan fingerprint density at radius 2 is 1.30 bits per heavy atom. The molecule has 1 saturated carbocycles. The van der Waals surface area contributed by atoms with Crippen LogP contribution in [0.4, 0.5) is 0 Å². The van der Waals surface area contributed by atoms with Crippen molar-refractivity contribution in [2.45, 2.75) is 78.6 Å². The van der Waals surface area contributed by atoms with Crippen molar-refractivity contribution in [1.82, 2.24) is 14.7 Å².